The number of carbonyl (C=O) groups is 4. The molecule has 0 N–H and O–H groups in total. The van der Waals surface area contributed by atoms with Crippen LogP contribution in [0.2, 0.25) is 0 Å². The van der Waals surface area contributed by atoms with Crippen LogP contribution in [0, 0.1) is 11.8 Å². The number of urea groups is 1. The molecule has 0 aliphatic carbocycles. The van der Waals surface area contributed by atoms with Gasteiger partial charge in [-0.05, 0) is 57.0 Å². The minimum absolute atomic E-state index is 0.214. The predicted molar refractivity (Wildman–Crippen MR) is 129 cm³/mol. The van der Waals surface area contributed by atoms with Crippen LogP contribution in [-0.2, 0) is 14.4 Å². The lowest BCUT2D eigenvalue weighted by Crippen LogP contribution is -2.55. The molecule has 3 saturated heterocycles. The molecule has 5 amide bonds. The largest absolute Gasteiger partial charge is 0.497 e. The summed E-state index contributed by atoms with van der Waals surface area (Å²) in [4.78, 5) is 59.8. The number of fused-ring (bicyclic) bond motifs is 3. The number of nitrogens with zero attached hydrogens (tertiary/aromatic N) is 3. The van der Waals surface area contributed by atoms with Crippen molar-refractivity contribution in [2.24, 2.45) is 11.8 Å². The van der Waals surface area contributed by atoms with E-state index in [4.69, 9.17) is 4.74 Å². The Labute approximate surface area is 204 Å². The third-order valence-corrected chi connectivity index (χ3v) is 7.57. The Bertz CT molecular complexity index is 1220. The predicted octanol–water partition coefficient (Wildman–Crippen LogP) is 3.77. The van der Waals surface area contributed by atoms with Gasteiger partial charge in [-0.3, -0.25) is 19.3 Å². The van der Waals surface area contributed by atoms with Gasteiger partial charge in [0.2, 0.25) is 11.8 Å². The molecule has 3 aliphatic heterocycles. The van der Waals surface area contributed by atoms with E-state index in [9.17, 15) is 19.2 Å². The highest BCUT2D eigenvalue weighted by Crippen LogP contribution is 2.60. The van der Waals surface area contributed by atoms with Crippen molar-refractivity contribution in [3.63, 3.8) is 0 Å². The van der Waals surface area contributed by atoms with E-state index in [0.29, 0.717) is 17.0 Å². The van der Waals surface area contributed by atoms with E-state index in [1.165, 1.54) is 9.80 Å². The second-order valence-electron chi connectivity index (χ2n) is 10.3. The van der Waals surface area contributed by atoms with E-state index >= 15 is 0 Å². The average Bonchev–Trinajstić information content (AvgIpc) is 3.37. The Balaban J connectivity index is 1.74. The average molecular weight is 476 g/mol. The minimum Gasteiger partial charge on any atom is -0.497 e. The summed E-state index contributed by atoms with van der Waals surface area (Å²) in [6.07, 6.45) is 0.214. The van der Waals surface area contributed by atoms with Crippen LogP contribution in [0.25, 0.3) is 0 Å². The number of hydrogen-bond donors (Lipinski definition) is 0. The zero-order valence-electron chi connectivity index (χ0n) is 20.5. The third kappa shape index (κ3) is 2.92. The van der Waals surface area contributed by atoms with Gasteiger partial charge in [-0.15, -0.1) is 0 Å². The lowest BCUT2D eigenvalue weighted by molar-refractivity contribution is -0.149. The summed E-state index contributed by atoms with van der Waals surface area (Å²) < 4.78 is 5.29. The zero-order chi connectivity index (χ0) is 25.3. The van der Waals surface area contributed by atoms with Crippen molar-refractivity contribution < 1.29 is 23.9 Å². The SMILES string of the molecule is CC[C@@]12C(=O)N(c3ccccc3)C(=O)N1C(c1ccc(OC)cc1)C1C(=O)N(C(C)(C)C)C(=O)C12. The summed E-state index contributed by atoms with van der Waals surface area (Å²) in [5.41, 5.74) is -1.08. The molecule has 0 aromatic heterocycles. The standard InChI is InChI=1S/C27H29N3O5/c1-6-27-20-19(22(31)30(23(20)32)26(2,3)4)21(16-12-14-18(35-5)15-13-16)29(27)25(34)28(24(27)33)17-10-8-7-9-11-17/h7-15,19-21H,6H2,1-5H3/t19?,20?,21?,27-/m1/s1. The smallest absolute Gasteiger partial charge is 0.332 e. The molecule has 8 nitrogen and oxygen atoms in total. The molecule has 0 saturated carbocycles. The number of para-hydroxylation sites is 1. The monoisotopic (exact) mass is 475 g/mol. The molecule has 2 aromatic carbocycles. The van der Waals surface area contributed by atoms with Crippen LogP contribution in [0.1, 0.15) is 45.7 Å². The van der Waals surface area contributed by atoms with E-state index in [1.807, 2.05) is 6.07 Å². The summed E-state index contributed by atoms with van der Waals surface area (Å²) in [6.45, 7) is 7.22. The van der Waals surface area contributed by atoms with Gasteiger partial charge in [-0.25, -0.2) is 9.69 Å². The van der Waals surface area contributed by atoms with Crippen LogP contribution in [-0.4, -0.2) is 51.7 Å². The number of carbonyl (C=O) groups excluding carboxylic acids is 4. The number of ether oxygens (including phenoxy) is 1. The number of imide groups is 2. The van der Waals surface area contributed by atoms with Crippen molar-refractivity contribution in [1.29, 1.82) is 0 Å². The van der Waals surface area contributed by atoms with Gasteiger partial charge < -0.3 is 9.64 Å². The second-order valence-corrected chi connectivity index (χ2v) is 10.3. The van der Waals surface area contributed by atoms with Crippen LogP contribution < -0.4 is 9.64 Å². The number of rotatable bonds is 4. The molecule has 3 aliphatic rings. The molecular weight excluding hydrogens is 446 g/mol. The van der Waals surface area contributed by atoms with E-state index in [1.54, 1.807) is 83.3 Å². The van der Waals surface area contributed by atoms with Crippen molar-refractivity contribution >= 4 is 29.4 Å². The molecule has 0 radical (unpaired) electrons. The van der Waals surface area contributed by atoms with Crippen LogP contribution >= 0.6 is 0 Å². The van der Waals surface area contributed by atoms with Crippen molar-refractivity contribution in [1.82, 2.24) is 9.80 Å². The van der Waals surface area contributed by atoms with Gasteiger partial charge in [0.15, 0.2) is 0 Å². The molecule has 0 spiro atoms. The van der Waals surface area contributed by atoms with Crippen LogP contribution in [0.15, 0.2) is 54.6 Å². The number of anilines is 1. The first-order valence-electron chi connectivity index (χ1n) is 11.8. The molecule has 35 heavy (non-hydrogen) atoms. The Hall–Kier alpha value is -3.68. The second kappa shape index (κ2) is 7.66. The molecule has 3 heterocycles. The fourth-order valence-electron chi connectivity index (χ4n) is 6.15. The highest BCUT2D eigenvalue weighted by atomic mass is 16.5. The molecule has 2 aromatic rings. The van der Waals surface area contributed by atoms with E-state index < -0.39 is 46.8 Å². The zero-order valence-corrected chi connectivity index (χ0v) is 20.5. The maximum absolute atomic E-state index is 14.1. The van der Waals surface area contributed by atoms with Crippen LogP contribution in [0.4, 0.5) is 10.5 Å². The summed E-state index contributed by atoms with van der Waals surface area (Å²) in [6, 6.07) is 14.6. The van der Waals surface area contributed by atoms with E-state index in [0.717, 1.165) is 4.90 Å². The van der Waals surface area contributed by atoms with Gasteiger partial charge in [-0.2, -0.15) is 0 Å². The number of amides is 5. The fourth-order valence-corrected chi connectivity index (χ4v) is 6.15. The van der Waals surface area contributed by atoms with Gasteiger partial charge in [0.25, 0.3) is 5.91 Å². The quantitative estimate of drug-likeness (QED) is 0.496. The number of methoxy groups -OCH3 is 1. The van der Waals surface area contributed by atoms with Gasteiger partial charge >= 0.3 is 6.03 Å². The van der Waals surface area contributed by atoms with Crippen molar-refractivity contribution in [2.75, 3.05) is 12.0 Å². The number of hydrogen-bond acceptors (Lipinski definition) is 5. The number of likely N-dealkylation sites (tertiary alicyclic amines) is 1. The molecule has 8 heteroatoms. The van der Waals surface area contributed by atoms with Gasteiger partial charge in [0.1, 0.15) is 11.3 Å². The highest BCUT2D eigenvalue weighted by molar-refractivity contribution is 6.26. The highest BCUT2D eigenvalue weighted by Gasteiger charge is 2.77. The normalized spacial score (nSPS) is 28.1. The van der Waals surface area contributed by atoms with Crippen LogP contribution in [0.5, 0.6) is 5.75 Å². The lowest BCUT2D eigenvalue weighted by Gasteiger charge is -2.37. The third-order valence-electron chi connectivity index (χ3n) is 7.57. The Kier molecular flexibility index (Phi) is 5.05. The Morgan fingerprint density at radius 2 is 1.54 bits per heavy atom. The molecule has 5 rings (SSSR count). The first kappa shape index (κ1) is 23.1. The molecule has 3 unspecified atom stereocenters. The minimum atomic E-state index is -1.45. The Morgan fingerprint density at radius 1 is 0.914 bits per heavy atom. The van der Waals surface area contributed by atoms with E-state index in [-0.39, 0.29) is 12.3 Å². The molecular formula is C27H29N3O5. The molecule has 3 fully saturated rings. The fraction of sp³-hybridized carbons (Fsp3) is 0.407. The first-order valence-corrected chi connectivity index (χ1v) is 11.8. The Morgan fingerprint density at radius 3 is 2.09 bits per heavy atom. The van der Waals surface area contributed by atoms with Crippen molar-refractivity contribution in [3.05, 3.63) is 60.2 Å². The first-order chi connectivity index (χ1) is 16.6. The summed E-state index contributed by atoms with van der Waals surface area (Å²) in [5, 5.41) is 0. The van der Waals surface area contributed by atoms with Crippen molar-refractivity contribution in [3.8, 4) is 5.75 Å². The summed E-state index contributed by atoms with van der Waals surface area (Å²) in [5.74, 6) is -2.38. The topological polar surface area (TPSA) is 87.2 Å². The maximum atomic E-state index is 14.1. The van der Waals surface area contributed by atoms with Crippen molar-refractivity contribution in [2.45, 2.75) is 51.2 Å². The molecule has 0 bridgehead atoms. The lowest BCUT2D eigenvalue weighted by atomic mass is 9.77. The van der Waals surface area contributed by atoms with Gasteiger partial charge in [-0.1, -0.05) is 37.3 Å². The number of benzene rings is 2. The van der Waals surface area contributed by atoms with Gasteiger partial charge in [0.05, 0.1) is 30.7 Å². The molecule has 4 atom stereocenters. The summed E-state index contributed by atoms with van der Waals surface area (Å²) in [7, 11) is 1.56. The summed E-state index contributed by atoms with van der Waals surface area (Å²) >= 11 is 0. The van der Waals surface area contributed by atoms with E-state index in [2.05, 4.69) is 0 Å². The van der Waals surface area contributed by atoms with Crippen LogP contribution in [0.3, 0.4) is 0 Å². The maximum Gasteiger partial charge on any atom is 0.332 e. The van der Waals surface area contributed by atoms with Gasteiger partial charge in [0, 0.05) is 5.54 Å². The molecule has 182 valence electrons.